The molecular weight excluding hydrogens is 436 g/mol. The van der Waals surface area contributed by atoms with Gasteiger partial charge < -0.3 is 19.3 Å². The summed E-state index contributed by atoms with van der Waals surface area (Å²) in [7, 11) is 0. The number of carbonyl (C=O) groups excluding carboxylic acids is 2. The zero-order valence-corrected chi connectivity index (χ0v) is 19.0. The summed E-state index contributed by atoms with van der Waals surface area (Å²) in [6, 6.07) is 17.1. The Hall–Kier alpha value is -3.72. The Morgan fingerprint density at radius 3 is 2.68 bits per heavy atom. The standard InChI is InChI=1S/C25H26N4O5/c1-18-21(27-34-26-18)14-32-22-10-6-5-9-20(22)24(31)28-12-11-25(16-28)17-29(23(30)15-33-25)13-19-7-3-2-4-8-19/h2-10H,11-17H2,1H3/t25-/m1/s1. The van der Waals surface area contributed by atoms with Crippen LogP contribution < -0.4 is 4.74 Å². The van der Waals surface area contributed by atoms with Crippen LogP contribution in [0.25, 0.3) is 0 Å². The van der Waals surface area contributed by atoms with E-state index in [0.717, 1.165) is 5.56 Å². The van der Waals surface area contributed by atoms with Gasteiger partial charge in [0.25, 0.3) is 5.91 Å². The molecule has 3 aromatic rings. The van der Waals surface area contributed by atoms with Gasteiger partial charge in [0.05, 0.1) is 18.7 Å². The Balaban J connectivity index is 1.27. The summed E-state index contributed by atoms with van der Waals surface area (Å²) >= 11 is 0. The van der Waals surface area contributed by atoms with E-state index in [1.165, 1.54) is 0 Å². The van der Waals surface area contributed by atoms with E-state index in [4.69, 9.17) is 14.1 Å². The van der Waals surface area contributed by atoms with Crippen molar-refractivity contribution in [3.8, 4) is 5.75 Å². The third-order valence-electron chi connectivity index (χ3n) is 6.38. The number of benzene rings is 2. The highest BCUT2D eigenvalue weighted by Crippen LogP contribution is 2.32. The Morgan fingerprint density at radius 2 is 1.88 bits per heavy atom. The molecule has 176 valence electrons. The van der Waals surface area contributed by atoms with Crippen molar-refractivity contribution in [1.82, 2.24) is 20.1 Å². The third-order valence-corrected chi connectivity index (χ3v) is 6.38. The number of morpholine rings is 1. The molecule has 9 heteroatoms. The van der Waals surface area contributed by atoms with Gasteiger partial charge in [-0.05, 0) is 31.0 Å². The van der Waals surface area contributed by atoms with Crippen molar-refractivity contribution in [3.63, 3.8) is 0 Å². The zero-order chi connectivity index (χ0) is 23.5. The number of carbonyl (C=O) groups is 2. The van der Waals surface area contributed by atoms with Gasteiger partial charge in [-0.15, -0.1) is 0 Å². The van der Waals surface area contributed by atoms with Crippen LogP contribution in [0.5, 0.6) is 5.75 Å². The van der Waals surface area contributed by atoms with E-state index in [9.17, 15) is 9.59 Å². The molecule has 3 heterocycles. The molecule has 34 heavy (non-hydrogen) atoms. The summed E-state index contributed by atoms with van der Waals surface area (Å²) in [5, 5.41) is 7.58. The minimum absolute atomic E-state index is 0.0274. The van der Waals surface area contributed by atoms with Crippen LogP contribution in [0.1, 0.15) is 33.7 Å². The Morgan fingerprint density at radius 1 is 1.09 bits per heavy atom. The molecule has 2 saturated heterocycles. The maximum absolute atomic E-state index is 13.4. The third kappa shape index (κ3) is 4.51. The molecule has 2 aromatic carbocycles. The zero-order valence-electron chi connectivity index (χ0n) is 19.0. The van der Waals surface area contributed by atoms with Gasteiger partial charge in [0.1, 0.15) is 36.0 Å². The lowest BCUT2D eigenvalue weighted by Crippen LogP contribution is -2.55. The highest BCUT2D eigenvalue weighted by atomic mass is 16.6. The van der Waals surface area contributed by atoms with Crippen LogP contribution >= 0.6 is 0 Å². The van der Waals surface area contributed by atoms with Crippen molar-refractivity contribution in [3.05, 3.63) is 77.1 Å². The van der Waals surface area contributed by atoms with E-state index in [1.54, 1.807) is 24.0 Å². The summed E-state index contributed by atoms with van der Waals surface area (Å²) in [6.45, 7) is 3.93. The number of nitrogens with zero attached hydrogens (tertiary/aromatic N) is 4. The van der Waals surface area contributed by atoms with E-state index in [1.807, 2.05) is 47.4 Å². The van der Waals surface area contributed by atoms with Gasteiger partial charge >= 0.3 is 0 Å². The van der Waals surface area contributed by atoms with Gasteiger partial charge in [-0.25, -0.2) is 4.63 Å². The molecule has 0 N–H and O–H groups in total. The van der Waals surface area contributed by atoms with Gasteiger partial charge in [-0.3, -0.25) is 9.59 Å². The maximum Gasteiger partial charge on any atom is 0.257 e. The average molecular weight is 463 g/mol. The molecule has 0 bridgehead atoms. The van der Waals surface area contributed by atoms with Gasteiger partial charge in [0.2, 0.25) is 5.91 Å². The van der Waals surface area contributed by atoms with Gasteiger partial charge in [-0.1, -0.05) is 52.8 Å². The van der Waals surface area contributed by atoms with Crippen LogP contribution in [0.2, 0.25) is 0 Å². The smallest absolute Gasteiger partial charge is 0.257 e. The van der Waals surface area contributed by atoms with Crippen molar-refractivity contribution in [2.45, 2.75) is 32.1 Å². The first-order valence-corrected chi connectivity index (χ1v) is 11.3. The number of amides is 2. The normalized spacial score (nSPS) is 20.2. The largest absolute Gasteiger partial charge is 0.486 e. The SMILES string of the molecule is Cc1nonc1COc1ccccc1C(=O)N1CC[C@]2(CN(Cc3ccccc3)C(=O)CO2)C1. The average Bonchev–Trinajstić information content (AvgIpc) is 3.47. The molecule has 1 atom stereocenters. The van der Waals surface area contributed by atoms with Crippen LogP contribution in [0.4, 0.5) is 0 Å². The number of para-hydroxylation sites is 1. The lowest BCUT2D eigenvalue weighted by molar-refractivity contribution is -0.162. The van der Waals surface area contributed by atoms with Crippen LogP contribution in [0.3, 0.4) is 0 Å². The molecule has 1 aromatic heterocycles. The number of likely N-dealkylation sites (tertiary alicyclic amines) is 1. The summed E-state index contributed by atoms with van der Waals surface area (Å²) in [5.74, 6) is 0.314. The predicted octanol–water partition coefficient (Wildman–Crippen LogP) is 2.60. The molecular formula is C25H26N4O5. The number of aryl methyl sites for hydroxylation is 1. The van der Waals surface area contributed by atoms with Crippen molar-refractivity contribution in [2.24, 2.45) is 0 Å². The molecule has 0 saturated carbocycles. The van der Waals surface area contributed by atoms with Crippen LogP contribution in [-0.4, -0.2) is 63.8 Å². The van der Waals surface area contributed by atoms with Crippen LogP contribution in [0.15, 0.2) is 59.2 Å². The number of ether oxygens (including phenoxy) is 2. The molecule has 9 nitrogen and oxygen atoms in total. The molecule has 2 aliphatic rings. The maximum atomic E-state index is 13.4. The van der Waals surface area contributed by atoms with Crippen molar-refractivity contribution in [1.29, 1.82) is 0 Å². The molecule has 2 aliphatic heterocycles. The minimum Gasteiger partial charge on any atom is -0.486 e. The predicted molar refractivity (Wildman–Crippen MR) is 121 cm³/mol. The fraction of sp³-hybridized carbons (Fsp3) is 0.360. The Kier molecular flexibility index (Phi) is 6.02. The lowest BCUT2D eigenvalue weighted by Gasteiger charge is -2.40. The molecule has 0 radical (unpaired) electrons. The summed E-state index contributed by atoms with van der Waals surface area (Å²) < 4.78 is 16.6. The van der Waals surface area contributed by atoms with E-state index in [-0.39, 0.29) is 25.0 Å². The Bertz CT molecular complexity index is 1180. The second-order valence-electron chi connectivity index (χ2n) is 8.76. The molecule has 5 rings (SSSR count). The van der Waals surface area contributed by atoms with Crippen LogP contribution in [-0.2, 0) is 22.7 Å². The van der Waals surface area contributed by atoms with E-state index in [0.29, 0.717) is 55.3 Å². The number of hydrogen-bond acceptors (Lipinski definition) is 7. The highest BCUT2D eigenvalue weighted by Gasteiger charge is 2.46. The van der Waals surface area contributed by atoms with Crippen molar-refractivity contribution >= 4 is 11.8 Å². The van der Waals surface area contributed by atoms with E-state index < -0.39 is 5.60 Å². The monoisotopic (exact) mass is 462 g/mol. The van der Waals surface area contributed by atoms with Gasteiger partial charge in [-0.2, -0.15) is 0 Å². The van der Waals surface area contributed by atoms with E-state index >= 15 is 0 Å². The first-order valence-electron chi connectivity index (χ1n) is 11.3. The second-order valence-corrected chi connectivity index (χ2v) is 8.76. The highest BCUT2D eigenvalue weighted by molar-refractivity contribution is 5.97. The fourth-order valence-corrected chi connectivity index (χ4v) is 4.47. The van der Waals surface area contributed by atoms with Crippen molar-refractivity contribution < 1.29 is 23.7 Å². The second kappa shape index (κ2) is 9.26. The minimum atomic E-state index is -0.558. The fourth-order valence-electron chi connectivity index (χ4n) is 4.47. The topological polar surface area (TPSA) is 98.0 Å². The molecule has 2 fully saturated rings. The summed E-state index contributed by atoms with van der Waals surface area (Å²) in [4.78, 5) is 29.5. The van der Waals surface area contributed by atoms with Crippen molar-refractivity contribution in [2.75, 3.05) is 26.2 Å². The molecule has 0 unspecified atom stereocenters. The van der Waals surface area contributed by atoms with Gasteiger partial charge in [0, 0.05) is 13.1 Å². The lowest BCUT2D eigenvalue weighted by atomic mass is 10.00. The molecule has 1 spiro atoms. The first-order chi connectivity index (χ1) is 16.5. The van der Waals surface area contributed by atoms with Gasteiger partial charge in [0.15, 0.2) is 0 Å². The quantitative estimate of drug-likeness (QED) is 0.555. The summed E-state index contributed by atoms with van der Waals surface area (Å²) in [6.07, 6.45) is 0.671. The van der Waals surface area contributed by atoms with E-state index in [2.05, 4.69) is 10.3 Å². The molecule has 0 aliphatic carbocycles. The summed E-state index contributed by atoms with van der Waals surface area (Å²) in [5.41, 5.74) is 2.22. The van der Waals surface area contributed by atoms with Crippen LogP contribution in [0, 0.1) is 6.92 Å². The number of rotatable bonds is 6. The number of hydrogen-bond donors (Lipinski definition) is 0. The Labute approximate surface area is 197 Å². The first kappa shape index (κ1) is 22.1. The number of aromatic nitrogens is 2. The molecule has 2 amide bonds.